The Balaban J connectivity index is 0.00000256. The molecule has 1 rings (SSSR count). The molecule has 1 saturated heterocycles. The van der Waals surface area contributed by atoms with Crippen LogP contribution in [0.3, 0.4) is 0 Å². The molecule has 17 heavy (non-hydrogen) atoms. The third-order valence-electron chi connectivity index (χ3n) is 4.06. The summed E-state index contributed by atoms with van der Waals surface area (Å²) in [5.74, 6) is 0. The average Bonchev–Trinajstić information content (AvgIpc) is 2.28. The molecule has 0 radical (unpaired) electrons. The molecule has 2 nitrogen and oxygen atoms in total. The molecule has 1 fully saturated rings. The fraction of sp³-hybridized carbons (Fsp3) is 1.00. The monoisotopic (exact) mass is 307 g/mol. The van der Waals surface area contributed by atoms with Gasteiger partial charge in [-0.15, -0.1) is 0 Å². The lowest BCUT2D eigenvalue weighted by Gasteiger charge is -2.39. The number of aliphatic hydroxyl groups is 1. The number of hydrogen-bond donors (Lipinski definition) is 1. The third kappa shape index (κ3) is 7.43. The minimum atomic E-state index is -0.0178. The van der Waals surface area contributed by atoms with Crippen molar-refractivity contribution in [2.24, 2.45) is 0 Å². The lowest BCUT2D eigenvalue weighted by molar-refractivity contribution is -0.915. The van der Waals surface area contributed by atoms with Gasteiger partial charge in [-0.25, -0.2) is 0 Å². The van der Waals surface area contributed by atoms with Crippen molar-refractivity contribution in [3.05, 3.63) is 0 Å². The minimum Gasteiger partial charge on any atom is -1.00 e. The predicted molar refractivity (Wildman–Crippen MR) is 69.4 cm³/mol. The highest BCUT2D eigenvalue weighted by Gasteiger charge is 2.28. The van der Waals surface area contributed by atoms with Crippen molar-refractivity contribution >= 4 is 0 Å². The molecule has 1 N–H and O–H groups in total. The fourth-order valence-corrected chi connectivity index (χ4v) is 2.67. The van der Waals surface area contributed by atoms with E-state index in [2.05, 4.69) is 14.0 Å². The van der Waals surface area contributed by atoms with Gasteiger partial charge in [0.2, 0.25) is 0 Å². The first kappa shape index (κ1) is 17.4. The summed E-state index contributed by atoms with van der Waals surface area (Å²) in [5.41, 5.74) is 0. The van der Waals surface area contributed by atoms with E-state index < -0.39 is 0 Å². The lowest BCUT2D eigenvalue weighted by Crippen LogP contribution is -3.00. The first-order chi connectivity index (χ1) is 7.66. The van der Waals surface area contributed by atoms with Crippen molar-refractivity contribution in [3.63, 3.8) is 0 Å². The van der Waals surface area contributed by atoms with Gasteiger partial charge in [-0.05, 0) is 12.8 Å². The number of unbranched alkanes of at least 4 members (excludes halogenated alkanes) is 5. The summed E-state index contributed by atoms with van der Waals surface area (Å²) in [6.07, 6.45) is 10.3. The molecule has 0 saturated carbocycles. The van der Waals surface area contributed by atoms with Gasteiger partial charge >= 0.3 is 0 Å². The van der Waals surface area contributed by atoms with Crippen molar-refractivity contribution in [1.29, 1.82) is 0 Å². The second kappa shape index (κ2) is 9.35. The van der Waals surface area contributed by atoms with E-state index in [4.69, 9.17) is 0 Å². The van der Waals surface area contributed by atoms with Crippen molar-refractivity contribution in [2.75, 3.05) is 26.7 Å². The summed E-state index contributed by atoms with van der Waals surface area (Å²) in [4.78, 5) is 0. The maximum absolute atomic E-state index is 9.50. The molecule has 0 aliphatic carbocycles. The number of hydrogen-bond acceptors (Lipinski definition) is 1. The van der Waals surface area contributed by atoms with E-state index in [0.717, 1.165) is 12.8 Å². The molecule has 3 heteroatoms. The van der Waals surface area contributed by atoms with Gasteiger partial charge in [0.1, 0.15) is 0 Å². The van der Waals surface area contributed by atoms with E-state index in [1.807, 2.05) is 0 Å². The highest BCUT2D eigenvalue weighted by atomic mass is 79.9. The first-order valence-electron chi connectivity index (χ1n) is 7.18. The summed E-state index contributed by atoms with van der Waals surface area (Å²) < 4.78 is 1.20. The number of likely N-dealkylation sites (tertiary alicyclic amines) is 1. The molecule has 0 aromatic rings. The zero-order valence-electron chi connectivity index (χ0n) is 11.6. The molecule has 0 bridgehead atoms. The van der Waals surface area contributed by atoms with Crippen molar-refractivity contribution in [2.45, 2.75) is 64.4 Å². The topological polar surface area (TPSA) is 20.2 Å². The summed E-state index contributed by atoms with van der Waals surface area (Å²) in [7, 11) is 2.36. The normalized spacial score (nSPS) is 28.8. The summed E-state index contributed by atoms with van der Waals surface area (Å²) >= 11 is 0. The van der Waals surface area contributed by atoms with E-state index in [-0.39, 0.29) is 23.1 Å². The number of piperidine rings is 1. The van der Waals surface area contributed by atoms with E-state index in [1.165, 1.54) is 62.6 Å². The van der Waals surface area contributed by atoms with Gasteiger partial charge < -0.3 is 26.6 Å². The minimum absolute atomic E-state index is 0. The molecule has 1 aliphatic heterocycles. The van der Waals surface area contributed by atoms with Crippen molar-refractivity contribution < 1.29 is 26.6 Å². The van der Waals surface area contributed by atoms with Crippen LogP contribution >= 0.6 is 0 Å². The molecule has 0 atom stereocenters. The molecule has 0 spiro atoms. The van der Waals surface area contributed by atoms with Gasteiger partial charge in [-0.2, -0.15) is 0 Å². The highest BCUT2D eigenvalue weighted by Crippen LogP contribution is 2.18. The Morgan fingerprint density at radius 2 is 1.53 bits per heavy atom. The molecule has 1 aliphatic rings. The summed E-state index contributed by atoms with van der Waals surface area (Å²) in [5, 5.41) is 9.50. The molecule has 0 amide bonds. The second-order valence-electron chi connectivity index (χ2n) is 5.79. The molecular weight excluding hydrogens is 278 g/mol. The Morgan fingerprint density at radius 1 is 1.00 bits per heavy atom. The quantitative estimate of drug-likeness (QED) is 0.517. The maximum atomic E-state index is 9.50. The van der Waals surface area contributed by atoms with Crippen LogP contribution in [0.15, 0.2) is 0 Å². The van der Waals surface area contributed by atoms with E-state index in [0.29, 0.717) is 0 Å². The van der Waals surface area contributed by atoms with Gasteiger partial charge in [0.05, 0.1) is 32.8 Å². The van der Waals surface area contributed by atoms with Crippen molar-refractivity contribution in [1.82, 2.24) is 0 Å². The van der Waals surface area contributed by atoms with Crippen LogP contribution in [0.25, 0.3) is 0 Å². The largest absolute Gasteiger partial charge is 1.00 e. The number of nitrogens with zero attached hydrogens (tertiary/aromatic N) is 1. The third-order valence-corrected chi connectivity index (χ3v) is 4.06. The Morgan fingerprint density at radius 3 is 2.12 bits per heavy atom. The zero-order chi connectivity index (χ0) is 11.9. The van der Waals surface area contributed by atoms with Crippen LogP contribution in [0.5, 0.6) is 0 Å². The van der Waals surface area contributed by atoms with E-state index >= 15 is 0 Å². The van der Waals surface area contributed by atoms with Gasteiger partial charge in [-0.3, -0.25) is 0 Å². The van der Waals surface area contributed by atoms with Crippen LogP contribution in [0.1, 0.15) is 58.3 Å². The number of aliphatic hydroxyl groups excluding tert-OH is 1. The SMILES string of the molecule is CCCCCCCC[N+]1(C)CCC(O)CC1.[Br-]. The Bertz CT molecular complexity index is 179. The molecule has 0 aromatic heterocycles. The van der Waals surface area contributed by atoms with Crippen LogP contribution in [0, 0.1) is 0 Å². The molecule has 1 heterocycles. The van der Waals surface area contributed by atoms with Crippen LogP contribution in [-0.4, -0.2) is 42.4 Å². The zero-order valence-corrected chi connectivity index (χ0v) is 13.2. The smallest absolute Gasteiger partial charge is 0.0809 e. The van der Waals surface area contributed by atoms with Gasteiger partial charge in [0.15, 0.2) is 0 Å². The van der Waals surface area contributed by atoms with Crippen LogP contribution in [0.4, 0.5) is 0 Å². The van der Waals surface area contributed by atoms with E-state index in [1.54, 1.807) is 0 Å². The molecule has 104 valence electrons. The molecular formula is C14H30BrNO. The Hall–Kier alpha value is 0.400. The van der Waals surface area contributed by atoms with E-state index in [9.17, 15) is 5.11 Å². The predicted octanol–water partition coefficient (Wildman–Crippen LogP) is -0.0478. The number of rotatable bonds is 7. The summed E-state index contributed by atoms with van der Waals surface area (Å²) in [6, 6.07) is 0. The average molecular weight is 308 g/mol. The number of halogens is 1. The Kier molecular flexibility index (Phi) is 9.57. The van der Waals surface area contributed by atoms with Gasteiger partial charge in [-0.1, -0.05) is 32.6 Å². The van der Waals surface area contributed by atoms with Crippen LogP contribution in [0.2, 0.25) is 0 Å². The molecule has 0 aromatic carbocycles. The second-order valence-corrected chi connectivity index (χ2v) is 5.79. The Labute approximate surface area is 118 Å². The highest BCUT2D eigenvalue weighted by molar-refractivity contribution is 4.61. The van der Waals surface area contributed by atoms with Crippen LogP contribution < -0.4 is 17.0 Å². The van der Waals surface area contributed by atoms with Crippen LogP contribution in [-0.2, 0) is 0 Å². The lowest BCUT2D eigenvalue weighted by atomic mass is 10.0. The standard InChI is InChI=1S/C14H30NO.BrH/c1-3-4-5-6-7-8-11-15(2)12-9-14(16)10-13-15;/h14,16H,3-13H2,1-2H3;1H/q+1;/p-1. The summed E-state index contributed by atoms with van der Waals surface area (Å²) in [6.45, 7) is 5.94. The molecule has 0 unspecified atom stereocenters. The van der Waals surface area contributed by atoms with Gasteiger partial charge in [0, 0.05) is 12.8 Å². The fourth-order valence-electron chi connectivity index (χ4n) is 2.67. The number of quaternary nitrogens is 1. The maximum Gasteiger partial charge on any atom is 0.0809 e. The van der Waals surface area contributed by atoms with Crippen molar-refractivity contribution in [3.8, 4) is 0 Å². The van der Waals surface area contributed by atoms with Gasteiger partial charge in [0.25, 0.3) is 0 Å². The first-order valence-corrected chi connectivity index (χ1v) is 7.18.